The van der Waals surface area contributed by atoms with Gasteiger partial charge < -0.3 is 14.2 Å². The van der Waals surface area contributed by atoms with Crippen molar-refractivity contribution in [3.05, 3.63) is 53.2 Å². The molecule has 2 atom stereocenters. The van der Waals surface area contributed by atoms with E-state index in [4.69, 9.17) is 25.2 Å². The zero-order valence-corrected chi connectivity index (χ0v) is 18.6. The van der Waals surface area contributed by atoms with Crippen molar-refractivity contribution in [1.29, 1.82) is 4.78 Å². The van der Waals surface area contributed by atoms with Crippen molar-refractivity contribution in [1.82, 2.24) is 15.3 Å². The first kappa shape index (κ1) is 20.0. The summed E-state index contributed by atoms with van der Waals surface area (Å²) in [4.78, 5) is 21.3. The van der Waals surface area contributed by atoms with E-state index in [9.17, 15) is 9.00 Å². The Kier molecular flexibility index (Phi) is 4.32. The number of hydrogen-bond acceptors (Lipinski definition) is 7. The van der Waals surface area contributed by atoms with Gasteiger partial charge in [-0.2, -0.15) is 0 Å². The van der Waals surface area contributed by atoms with E-state index in [1.807, 2.05) is 6.08 Å². The summed E-state index contributed by atoms with van der Waals surface area (Å²) in [5, 5.41) is 3.45. The van der Waals surface area contributed by atoms with Crippen molar-refractivity contribution in [2.75, 3.05) is 0 Å². The van der Waals surface area contributed by atoms with Gasteiger partial charge in [0.2, 0.25) is 11.6 Å². The van der Waals surface area contributed by atoms with Crippen LogP contribution in [0.1, 0.15) is 54.5 Å². The number of carbonyl (C=O) groups is 1. The van der Waals surface area contributed by atoms with Crippen molar-refractivity contribution < 1.29 is 17.8 Å². The highest BCUT2D eigenvalue weighted by molar-refractivity contribution is 7.93. The summed E-state index contributed by atoms with van der Waals surface area (Å²) in [5.74, 6) is 0.632. The van der Waals surface area contributed by atoms with Crippen LogP contribution in [-0.2, 0) is 9.73 Å². The number of oxazole rings is 1. The first-order valence-corrected chi connectivity index (χ1v) is 12.6. The van der Waals surface area contributed by atoms with Crippen LogP contribution in [0.2, 0.25) is 5.02 Å². The van der Waals surface area contributed by atoms with Crippen molar-refractivity contribution >= 4 is 38.5 Å². The zero-order chi connectivity index (χ0) is 22.1. The van der Waals surface area contributed by atoms with Crippen LogP contribution >= 0.6 is 11.6 Å². The summed E-state index contributed by atoms with van der Waals surface area (Å²) >= 11 is 5.98. The maximum absolute atomic E-state index is 12.6. The number of nitrogens with one attached hydrogen (secondary N) is 2. The normalized spacial score (nSPS) is 28.7. The van der Waals surface area contributed by atoms with Crippen LogP contribution in [0.15, 0.2) is 50.5 Å². The van der Waals surface area contributed by atoms with Gasteiger partial charge in [0.15, 0.2) is 10.9 Å². The Labute approximate surface area is 189 Å². The second kappa shape index (κ2) is 6.92. The highest BCUT2D eigenvalue weighted by Gasteiger charge is 2.48. The molecule has 1 unspecified atom stereocenters. The van der Waals surface area contributed by atoms with Gasteiger partial charge in [-0.15, -0.1) is 0 Å². The van der Waals surface area contributed by atoms with Crippen LogP contribution in [0.3, 0.4) is 0 Å². The van der Waals surface area contributed by atoms with E-state index in [-0.39, 0.29) is 39.4 Å². The first-order chi connectivity index (χ1) is 15.3. The molecule has 3 aromatic rings. The fourth-order valence-electron chi connectivity index (χ4n) is 4.79. The number of rotatable bonds is 5. The monoisotopic (exact) mass is 472 g/mol. The predicted molar refractivity (Wildman–Crippen MR) is 117 cm³/mol. The van der Waals surface area contributed by atoms with Gasteiger partial charge in [-0.05, 0) is 55.7 Å². The number of furan rings is 1. The lowest BCUT2D eigenvalue weighted by Crippen LogP contribution is -2.38. The summed E-state index contributed by atoms with van der Waals surface area (Å²) in [7, 11) is -2.95. The number of pyridine rings is 1. The molecule has 0 aromatic carbocycles. The summed E-state index contributed by atoms with van der Waals surface area (Å²) < 4.78 is 31.8. The average molecular weight is 473 g/mol. The molecule has 3 aromatic heterocycles. The van der Waals surface area contributed by atoms with E-state index in [1.165, 1.54) is 12.1 Å². The predicted octanol–water partition coefficient (Wildman–Crippen LogP) is 4.66. The van der Waals surface area contributed by atoms with Gasteiger partial charge in [0.1, 0.15) is 15.2 Å². The molecule has 166 valence electrons. The van der Waals surface area contributed by atoms with E-state index in [0.29, 0.717) is 22.1 Å². The van der Waals surface area contributed by atoms with Crippen LogP contribution in [-0.4, -0.2) is 31.4 Å². The SMILES string of the molecule is N=S(=O)(c1ccc(C(=O)N[C@H]2C=CC3(CC(c4nc5cc(Cl)cnc5o4)C3)C2)o1)C1CC1. The summed E-state index contributed by atoms with van der Waals surface area (Å²) in [6.07, 6.45) is 9.86. The van der Waals surface area contributed by atoms with Gasteiger partial charge in [-0.25, -0.2) is 19.0 Å². The quantitative estimate of drug-likeness (QED) is 0.521. The third kappa shape index (κ3) is 3.34. The molecule has 0 aliphatic heterocycles. The van der Waals surface area contributed by atoms with E-state index in [2.05, 4.69) is 21.4 Å². The van der Waals surface area contributed by atoms with E-state index < -0.39 is 9.73 Å². The molecule has 32 heavy (non-hydrogen) atoms. The fraction of sp³-hybridized carbons (Fsp3) is 0.409. The van der Waals surface area contributed by atoms with E-state index >= 15 is 0 Å². The van der Waals surface area contributed by atoms with Gasteiger partial charge in [0, 0.05) is 18.2 Å². The molecular formula is C22H21ClN4O4S. The Morgan fingerprint density at radius 3 is 2.84 bits per heavy atom. The lowest BCUT2D eigenvalue weighted by molar-refractivity contribution is 0.0886. The van der Waals surface area contributed by atoms with Gasteiger partial charge in [-0.1, -0.05) is 23.8 Å². The number of halogens is 1. The van der Waals surface area contributed by atoms with Crippen LogP contribution in [0.4, 0.5) is 0 Å². The second-order valence-corrected chi connectivity index (χ2v) is 11.8. The molecule has 0 saturated heterocycles. The molecule has 1 spiro atoms. The first-order valence-electron chi connectivity index (χ1n) is 10.6. The molecule has 3 heterocycles. The zero-order valence-electron chi connectivity index (χ0n) is 17.0. The minimum Gasteiger partial charge on any atom is -0.441 e. The molecular weight excluding hydrogens is 452 g/mol. The number of carbonyl (C=O) groups excluding carboxylic acids is 1. The molecule has 3 aliphatic carbocycles. The number of nitrogens with zero attached hydrogens (tertiary/aromatic N) is 2. The standard InChI is InChI=1S/C22H21ClN4O4S/c23-13-7-16-21(25-11-13)31-20(27-16)12-8-22(9-12)6-5-14(10-22)26-19(28)17-3-4-18(30-17)32(24,29)15-1-2-15/h3-7,11-12,14-15,24H,1-2,8-10H2,(H,26,28)/t12?,14-,22?,32?/m0/s1. The molecule has 10 heteroatoms. The Balaban J connectivity index is 1.08. The maximum Gasteiger partial charge on any atom is 0.287 e. The molecule has 6 rings (SSSR count). The van der Waals surface area contributed by atoms with E-state index in [0.717, 1.165) is 32.1 Å². The third-order valence-corrected chi connectivity index (χ3v) is 9.04. The lowest BCUT2D eigenvalue weighted by atomic mass is 9.61. The fourth-order valence-corrected chi connectivity index (χ4v) is 6.56. The molecule has 2 N–H and O–H groups in total. The van der Waals surface area contributed by atoms with Gasteiger partial charge in [0.25, 0.3) is 5.91 Å². The van der Waals surface area contributed by atoms with Gasteiger partial charge in [0.05, 0.1) is 10.3 Å². The molecule has 0 bridgehead atoms. The number of aromatic nitrogens is 2. The Hall–Kier alpha value is -2.65. The molecule has 3 aliphatic rings. The minimum absolute atomic E-state index is 0.0180. The van der Waals surface area contributed by atoms with Crippen LogP contribution in [0, 0.1) is 10.2 Å². The van der Waals surface area contributed by atoms with Crippen LogP contribution < -0.4 is 5.32 Å². The highest BCUT2D eigenvalue weighted by atomic mass is 35.5. The summed E-state index contributed by atoms with van der Waals surface area (Å²) in [6, 6.07) is 4.64. The topological polar surface area (TPSA) is 122 Å². The van der Waals surface area contributed by atoms with Crippen molar-refractivity contribution in [2.24, 2.45) is 5.41 Å². The van der Waals surface area contributed by atoms with Crippen molar-refractivity contribution in [3.8, 4) is 0 Å². The number of fused-ring (bicyclic) bond motifs is 1. The molecule has 1 amide bonds. The summed E-state index contributed by atoms with van der Waals surface area (Å²) in [6.45, 7) is 0. The Morgan fingerprint density at radius 2 is 2.06 bits per heavy atom. The largest absolute Gasteiger partial charge is 0.441 e. The number of amides is 1. The maximum atomic E-state index is 12.6. The van der Waals surface area contributed by atoms with Crippen molar-refractivity contribution in [2.45, 2.75) is 54.4 Å². The molecule has 8 nitrogen and oxygen atoms in total. The smallest absolute Gasteiger partial charge is 0.287 e. The molecule has 2 fully saturated rings. The highest BCUT2D eigenvalue weighted by Crippen LogP contribution is 2.57. The Bertz CT molecular complexity index is 1370. The Morgan fingerprint density at radius 1 is 1.25 bits per heavy atom. The number of allylic oxidation sites excluding steroid dienone is 1. The van der Waals surface area contributed by atoms with Crippen LogP contribution in [0.25, 0.3) is 11.2 Å². The minimum atomic E-state index is -2.95. The second-order valence-electron chi connectivity index (χ2n) is 9.06. The van der Waals surface area contributed by atoms with Gasteiger partial charge in [-0.3, -0.25) is 4.79 Å². The van der Waals surface area contributed by atoms with Crippen LogP contribution in [0.5, 0.6) is 0 Å². The third-order valence-electron chi connectivity index (χ3n) is 6.61. The summed E-state index contributed by atoms with van der Waals surface area (Å²) in [5.41, 5.74) is 1.18. The lowest BCUT2D eigenvalue weighted by Gasteiger charge is -2.43. The average Bonchev–Trinajstić information content (AvgIpc) is 3.15. The van der Waals surface area contributed by atoms with Crippen molar-refractivity contribution in [3.63, 3.8) is 0 Å². The molecule has 2 saturated carbocycles. The number of hydrogen-bond donors (Lipinski definition) is 2. The molecule has 0 radical (unpaired) electrons. The van der Waals surface area contributed by atoms with E-state index in [1.54, 1.807) is 12.3 Å². The van der Waals surface area contributed by atoms with Gasteiger partial charge >= 0.3 is 0 Å².